The number of ether oxygens (including phenoxy) is 1. The molecule has 11 heteroatoms. The third-order valence-electron chi connectivity index (χ3n) is 5.23. The Hall–Kier alpha value is -1.90. The highest BCUT2D eigenvalue weighted by Gasteiger charge is 2.31. The van der Waals surface area contributed by atoms with Crippen LogP contribution in [0.25, 0.3) is 5.69 Å². The number of carbonyl (C=O) groups is 1. The van der Waals surface area contributed by atoms with E-state index in [-0.39, 0.29) is 23.2 Å². The molecule has 0 aliphatic carbocycles. The molecule has 0 spiro atoms. The first-order chi connectivity index (χ1) is 16.0. The van der Waals surface area contributed by atoms with Crippen LogP contribution >= 0.6 is 45.2 Å². The van der Waals surface area contributed by atoms with Crippen molar-refractivity contribution in [2.75, 3.05) is 22.5 Å². The van der Waals surface area contributed by atoms with Gasteiger partial charge in [-0.3, -0.25) is 4.79 Å². The van der Waals surface area contributed by atoms with E-state index in [1.54, 1.807) is 18.0 Å². The van der Waals surface area contributed by atoms with E-state index in [2.05, 4.69) is 60.4 Å². The quantitative estimate of drug-likeness (QED) is 0.217. The van der Waals surface area contributed by atoms with Gasteiger partial charge in [0.15, 0.2) is 0 Å². The number of carbonyl (C=O) groups excluding carboxylic acids is 1. The number of benzene rings is 1. The van der Waals surface area contributed by atoms with Gasteiger partial charge in [-0.25, -0.2) is 13.8 Å². The zero-order valence-corrected chi connectivity index (χ0v) is 22.2. The van der Waals surface area contributed by atoms with E-state index in [1.807, 2.05) is 0 Å². The van der Waals surface area contributed by atoms with Crippen LogP contribution in [0.15, 0.2) is 48.9 Å². The summed E-state index contributed by atoms with van der Waals surface area (Å²) in [5, 5.41) is 8.11. The first kappa shape index (κ1) is 25.7. The fraction of sp³-hybridized carbons (Fsp3) is 0.364. The Morgan fingerprint density at radius 1 is 1.12 bits per heavy atom. The summed E-state index contributed by atoms with van der Waals surface area (Å²) >= 11 is 4.56. The summed E-state index contributed by atoms with van der Waals surface area (Å²) in [6, 6.07) is 6.95. The van der Waals surface area contributed by atoms with E-state index < -0.39 is 17.5 Å². The number of rotatable bonds is 11. The number of alkyl halides is 2. The Balaban J connectivity index is 1.86. The van der Waals surface area contributed by atoms with Crippen LogP contribution in [-0.4, -0.2) is 59.3 Å². The minimum absolute atomic E-state index is 0.0319. The second kappa shape index (κ2) is 12.5. The van der Waals surface area contributed by atoms with Crippen molar-refractivity contribution >= 4 is 51.1 Å². The highest BCUT2D eigenvalue weighted by atomic mass is 127. The molecule has 0 aliphatic rings. The van der Waals surface area contributed by atoms with Crippen LogP contribution in [-0.2, 0) is 0 Å². The molecule has 7 nitrogen and oxygen atoms in total. The minimum atomic E-state index is -0.632. The average Bonchev–Trinajstić information content (AvgIpc) is 3.35. The first-order valence-corrected chi connectivity index (χ1v) is 13.3. The molecule has 0 saturated carbocycles. The number of hydrogen-bond donors (Lipinski definition) is 0. The van der Waals surface area contributed by atoms with Gasteiger partial charge in [0, 0.05) is 29.5 Å². The Morgan fingerprint density at radius 3 is 2.48 bits per heavy atom. The van der Waals surface area contributed by atoms with Gasteiger partial charge in [0.2, 0.25) is 5.88 Å². The lowest BCUT2D eigenvalue weighted by Gasteiger charge is -2.34. The number of aromatic nitrogens is 4. The largest absolute Gasteiger partial charge is 0.477 e. The van der Waals surface area contributed by atoms with E-state index in [9.17, 15) is 13.6 Å². The van der Waals surface area contributed by atoms with Crippen LogP contribution in [0.4, 0.5) is 8.78 Å². The summed E-state index contributed by atoms with van der Waals surface area (Å²) in [7, 11) is 1.68. The van der Waals surface area contributed by atoms with Gasteiger partial charge in [-0.15, -0.1) is 0 Å². The third kappa shape index (κ3) is 6.58. The normalized spacial score (nSPS) is 12.9. The van der Waals surface area contributed by atoms with Crippen molar-refractivity contribution in [3.05, 3.63) is 66.1 Å². The number of halogens is 4. The molecule has 2 atom stereocenters. The predicted octanol–water partition coefficient (Wildman–Crippen LogP) is 4.73. The van der Waals surface area contributed by atoms with Gasteiger partial charge in [0.05, 0.1) is 25.2 Å². The molecule has 0 fully saturated rings. The fourth-order valence-corrected chi connectivity index (χ4v) is 5.02. The minimum Gasteiger partial charge on any atom is -0.477 e. The molecular weight excluding hydrogens is 658 g/mol. The summed E-state index contributed by atoms with van der Waals surface area (Å²) in [6.45, 7) is 0.297. The van der Waals surface area contributed by atoms with E-state index in [4.69, 9.17) is 4.74 Å². The first-order valence-electron chi connectivity index (χ1n) is 10.2. The number of pyridine rings is 1. The van der Waals surface area contributed by atoms with Crippen molar-refractivity contribution in [1.29, 1.82) is 0 Å². The maximum absolute atomic E-state index is 14.9. The molecule has 1 aromatic carbocycles. The Kier molecular flexibility index (Phi) is 9.77. The highest BCUT2D eigenvalue weighted by molar-refractivity contribution is 14.1. The van der Waals surface area contributed by atoms with E-state index in [1.165, 1.54) is 41.5 Å². The Bertz CT molecular complexity index is 1040. The van der Waals surface area contributed by atoms with Crippen molar-refractivity contribution in [3.63, 3.8) is 0 Å². The van der Waals surface area contributed by atoms with Gasteiger partial charge >= 0.3 is 0 Å². The topological polar surface area (TPSA) is 73.1 Å². The van der Waals surface area contributed by atoms with Crippen LogP contribution in [0.1, 0.15) is 23.2 Å². The maximum Gasteiger partial charge on any atom is 0.259 e. The van der Waals surface area contributed by atoms with Crippen LogP contribution in [0.3, 0.4) is 0 Å². The molecule has 0 N–H and O–H groups in total. The summed E-state index contributed by atoms with van der Waals surface area (Å²) in [4.78, 5) is 20.3. The SMILES string of the molecule is CN(C(=O)c1c(F)cccc1-n1nccn1)C(CCI)C(CCI)COc1ccc(F)cn1. The van der Waals surface area contributed by atoms with Crippen molar-refractivity contribution < 1.29 is 18.3 Å². The molecule has 2 heterocycles. The summed E-state index contributed by atoms with van der Waals surface area (Å²) in [5.74, 6) is -1.24. The monoisotopic (exact) mass is 681 g/mol. The van der Waals surface area contributed by atoms with Gasteiger partial charge in [-0.05, 0) is 35.5 Å². The average molecular weight is 681 g/mol. The van der Waals surface area contributed by atoms with Gasteiger partial charge in [-0.1, -0.05) is 51.2 Å². The summed E-state index contributed by atoms with van der Waals surface area (Å²) in [6.07, 6.45) is 5.53. The molecule has 1 amide bonds. The van der Waals surface area contributed by atoms with Crippen molar-refractivity contribution in [1.82, 2.24) is 24.9 Å². The zero-order valence-electron chi connectivity index (χ0n) is 17.9. The molecule has 0 aliphatic heterocycles. The van der Waals surface area contributed by atoms with E-state index in [0.717, 1.165) is 21.5 Å². The van der Waals surface area contributed by atoms with Crippen LogP contribution in [0.5, 0.6) is 5.88 Å². The summed E-state index contributed by atoms with van der Waals surface area (Å²) < 4.78 is 35.5. The molecule has 176 valence electrons. The second-order valence-electron chi connectivity index (χ2n) is 7.28. The molecule has 0 bridgehead atoms. The molecule has 0 radical (unpaired) electrons. The predicted molar refractivity (Wildman–Crippen MR) is 137 cm³/mol. The maximum atomic E-state index is 14.9. The highest BCUT2D eigenvalue weighted by Crippen LogP contribution is 2.26. The molecular formula is C22H23F2I2N5O2. The van der Waals surface area contributed by atoms with Gasteiger partial charge in [0.1, 0.15) is 22.9 Å². The van der Waals surface area contributed by atoms with Crippen molar-refractivity contribution in [2.24, 2.45) is 5.92 Å². The molecule has 3 rings (SSSR count). The Labute approximate surface area is 218 Å². The van der Waals surface area contributed by atoms with Crippen LogP contribution in [0, 0.1) is 17.6 Å². The zero-order chi connectivity index (χ0) is 23.8. The van der Waals surface area contributed by atoms with Crippen LogP contribution in [0.2, 0.25) is 0 Å². The summed E-state index contributed by atoms with van der Waals surface area (Å²) in [5.41, 5.74) is 0.200. The van der Waals surface area contributed by atoms with Gasteiger partial charge in [0.25, 0.3) is 5.91 Å². The smallest absolute Gasteiger partial charge is 0.259 e. The van der Waals surface area contributed by atoms with Gasteiger partial charge < -0.3 is 9.64 Å². The molecule has 3 aromatic rings. The third-order valence-corrected chi connectivity index (χ3v) is 6.48. The van der Waals surface area contributed by atoms with Crippen molar-refractivity contribution in [2.45, 2.75) is 18.9 Å². The molecule has 0 saturated heterocycles. The van der Waals surface area contributed by atoms with E-state index >= 15 is 0 Å². The fourth-order valence-electron chi connectivity index (χ4n) is 3.58. The number of hydrogen-bond acceptors (Lipinski definition) is 5. The second-order valence-corrected chi connectivity index (χ2v) is 9.43. The lowest BCUT2D eigenvalue weighted by atomic mass is 9.93. The van der Waals surface area contributed by atoms with E-state index in [0.29, 0.717) is 18.9 Å². The van der Waals surface area contributed by atoms with Crippen molar-refractivity contribution in [3.8, 4) is 11.6 Å². The Morgan fingerprint density at radius 2 is 1.85 bits per heavy atom. The molecule has 33 heavy (non-hydrogen) atoms. The number of amides is 1. The number of nitrogens with zero attached hydrogens (tertiary/aromatic N) is 5. The lowest BCUT2D eigenvalue weighted by Crippen LogP contribution is -2.45. The van der Waals surface area contributed by atoms with Crippen LogP contribution < -0.4 is 4.74 Å². The molecule has 2 aromatic heterocycles. The standard InChI is InChI=1S/C22H23F2I2N5O2/c1-30(22(32)21-17(24)3-2-4-19(21)31-28-11-12-29-31)18(8-10-26)15(7-9-25)14-33-20-6-5-16(23)13-27-20/h2-6,11-13,15,18H,7-10,14H2,1H3. The lowest BCUT2D eigenvalue weighted by molar-refractivity contribution is 0.0611. The molecule has 2 unspecified atom stereocenters. The van der Waals surface area contributed by atoms with Gasteiger partial charge in [-0.2, -0.15) is 15.0 Å².